The fourth-order valence-electron chi connectivity index (χ4n) is 2.87. The Kier molecular flexibility index (Phi) is 6.15. The molecule has 0 aliphatic rings. The monoisotopic (exact) mass is 360 g/mol. The molecule has 1 aromatic heterocycles. The van der Waals surface area contributed by atoms with Crippen molar-refractivity contribution >= 4 is 11.7 Å². The molecule has 3 aromatic rings. The van der Waals surface area contributed by atoms with Gasteiger partial charge in [0.25, 0.3) is 5.91 Å². The zero-order valence-corrected chi connectivity index (χ0v) is 15.7. The second-order valence-electron chi connectivity index (χ2n) is 6.45. The van der Waals surface area contributed by atoms with Crippen LogP contribution in [-0.4, -0.2) is 22.6 Å². The van der Waals surface area contributed by atoms with Gasteiger partial charge in [-0.15, -0.1) is 10.2 Å². The second-order valence-corrected chi connectivity index (χ2v) is 6.45. The Bertz CT molecular complexity index is 878. The van der Waals surface area contributed by atoms with Crippen LogP contribution in [0.5, 0.6) is 0 Å². The summed E-state index contributed by atoms with van der Waals surface area (Å²) in [6, 6.07) is 21.9. The van der Waals surface area contributed by atoms with Crippen LogP contribution in [0.25, 0.3) is 0 Å². The first-order valence-electron chi connectivity index (χ1n) is 9.12. The molecule has 138 valence electrons. The number of nitrogens with zero attached hydrogens (tertiary/aromatic N) is 3. The summed E-state index contributed by atoms with van der Waals surface area (Å²) in [7, 11) is 0. The van der Waals surface area contributed by atoms with Crippen molar-refractivity contribution in [2.45, 2.75) is 26.9 Å². The first kappa shape index (κ1) is 18.6. The van der Waals surface area contributed by atoms with Gasteiger partial charge >= 0.3 is 0 Å². The van der Waals surface area contributed by atoms with Crippen molar-refractivity contribution < 1.29 is 4.79 Å². The molecule has 2 aromatic carbocycles. The third kappa shape index (κ3) is 5.14. The van der Waals surface area contributed by atoms with Gasteiger partial charge in [-0.05, 0) is 37.1 Å². The van der Waals surface area contributed by atoms with Crippen molar-refractivity contribution in [2.75, 3.05) is 11.4 Å². The van der Waals surface area contributed by atoms with Gasteiger partial charge < -0.3 is 10.2 Å². The number of aryl methyl sites for hydroxylation is 1. The lowest BCUT2D eigenvalue weighted by Gasteiger charge is -2.21. The number of amides is 1. The number of benzene rings is 2. The molecule has 1 amide bonds. The fraction of sp³-hybridized carbons (Fsp3) is 0.227. The largest absolute Gasteiger partial charge is 0.351 e. The molecule has 0 spiro atoms. The molecule has 1 heterocycles. The van der Waals surface area contributed by atoms with Gasteiger partial charge in [-0.3, -0.25) is 4.79 Å². The summed E-state index contributed by atoms with van der Waals surface area (Å²) in [5, 5.41) is 11.3. The van der Waals surface area contributed by atoms with E-state index in [1.165, 1.54) is 11.1 Å². The van der Waals surface area contributed by atoms with Crippen LogP contribution in [0.15, 0.2) is 66.7 Å². The number of anilines is 1. The normalized spacial score (nSPS) is 10.4. The highest BCUT2D eigenvalue weighted by Gasteiger charge is 2.11. The van der Waals surface area contributed by atoms with Crippen molar-refractivity contribution in [1.82, 2.24) is 15.5 Å². The summed E-state index contributed by atoms with van der Waals surface area (Å²) in [5.74, 6) is 0.540. The van der Waals surface area contributed by atoms with Crippen LogP contribution >= 0.6 is 0 Å². The summed E-state index contributed by atoms with van der Waals surface area (Å²) in [6.07, 6.45) is 0. The van der Waals surface area contributed by atoms with Crippen LogP contribution < -0.4 is 10.2 Å². The average Bonchev–Trinajstić information content (AvgIpc) is 2.71. The highest BCUT2D eigenvalue weighted by Crippen LogP contribution is 2.14. The summed E-state index contributed by atoms with van der Waals surface area (Å²) >= 11 is 0. The minimum atomic E-state index is -0.221. The minimum Gasteiger partial charge on any atom is -0.351 e. The average molecular weight is 360 g/mol. The van der Waals surface area contributed by atoms with Crippen molar-refractivity contribution in [2.24, 2.45) is 0 Å². The maximum Gasteiger partial charge on any atom is 0.272 e. The maximum absolute atomic E-state index is 12.3. The maximum atomic E-state index is 12.3. The highest BCUT2D eigenvalue weighted by molar-refractivity contribution is 5.92. The Morgan fingerprint density at radius 3 is 2.41 bits per heavy atom. The van der Waals surface area contributed by atoms with E-state index in [0.717, 1.165) is 24.5 Å². The molecule has 5 nitrogen and oxygen atoms in total. The van der Waals surface area contributed by atoms with E-state index in [4.69, 9.17) is 0 Å². The van der Waals surface area contributed by atoms with E-state index >= 15 is 0 Å². The number of rotatable bonds is 7. The van der Waals surface area contributed by atoms with Crippen molar-refractivity contribution in [3.8, 4) is 0 Å². The van der Waals surface area contributed by atoms with Gasteiger partial charge in [-0.1, -0.05) is 60.2 Å². The third-order valence-electron chi connectivity index (χ3n) is 4.34. The number of hydrogen-bond donors (Lipinski definition) is 1. The van der Waals surface area contributed by atoms with E-state index < -0.39 is 0 Å². The van der Waals surface area contributed by atoms with Crippen LogP contribution in [-0.2, 0) is 13.1 Å². The zero-order chi connectivity index (χ0) is 19.1. The molecule has 0 aliphatic carbocycles. The molecule has 0 unspecified atom stereocenters. The van der Waals surface area contributed by atoms with Crippen LogP contribution in [0.4, 0.5) is 5.82 Å². The predicted octanol–water partition coefficient (Wildman–Crippen LogP) is 3.74. The van der Waals surface area contributed by atoms with E-state index in [1.54, 1.807) is 6.07 Å². The van der Waals surface area contributed by atoms with Gasteiger partial charge in [0.2, 0.25) is 0 Å². The minimum absolute atomic E-state index is 0.221. The Hall–Kier alpha value is -3.21. The van der Waals surface area contributed by atoms with Crippen LogP contribution in [0, 0.1) is 6.92 Å². The van der Waals surface area contributed by atoms with E-state index in [1.807, 2.05) is 49.4 Å². The smallest absolute Gasteiger partial charge is 0.272 e. The molecular weight excluding hydrogens is 336 g/mol. The summed E-state index contributed by atoms with van der Waals surface area (Å²) in [4.78, 5) is 14.4. The molecule has 0 saturated carbocycles. The van der Waals surface area contributed by atoms with E-state index in [9.17, 15) is 4.79 Å². The number of aromatic nitrogens is 2. The first-order chi connectivity index (χ1) is 13.2. The van der Waals surface area contributed by atoms with Gasteiger partial charge in [0, 0.05) is 19.6 Å². The van der Waals surface area contributed by atoms with Crippen LogP contribution in [0.2, 0.25) is 0 Å². The number of carbonyl (C=O) groups excluding carboxylic acids is 1. The van der Waals surface area contributed by atoms with E-state index in [-0.39, 0.29) is 5.91 Å². The van der Waals surface area contributed by atoms with Gasteiger partial charge in [-0.2, -0.15) is 0 Å². The summed E-state index contributed by atoms with van der Waals surface area (Å²) in [6.45, 7) is 6.14. The van der Waals surface area contributed by atoms with Crippen molar-refractivity contribution in [3.05, 3.63) is 89.1 Å². The number of carbonyl (C=O) groups is 1. The lowest BCUT2D eigenvalue weighted by molar-refractivity contribution is 0.0945. The van der Waals surface area contributed by atoms with Gasteiger partial charge in [0.15, 0.2) is 11.5 Å². The molecule has 0 radical (unpaired) electrons. The Labute approximate surface area is 160 Å². The van der Waals surface area contributed by atoms with E-state index in [2.05, 4.69) is 45.5 Å². The molecule has 0 aliphatic heterocycles. The lowest BCUT2D eigenvalue weighted by Crippen LogP contribution is -2.26. The first-order valence-corrected chi connectivity index (χ1v) is 9.12. The Morgan fingerprint density at radius 2 is 1.74 bits per heavy atom. The molecule has 3 rings (SSSR count). The zero-order valence-electron chi connectivity index (χ0n) is 15.7. The number of hydrogen-bond acceptors (Lipinski definition) is 4. The number of nitrogens with one attached hydrogen (secondary N) is 1. The SMILES string of the molecule is CCN(Cc1ccccc1)c1ccc(C(=O)NCc2cccc(C)c2)nn1. The van der Waals surface area contributed by atoms with Gasteiger partial charge in [-0.25, -0.2) is 0 Å². The Morgan fingerprint density at radius 1 is 0.963 bits per heavy atom. The molecule has 27 heavy (non-hydrogen) atoms. The van der Waals surface area contributed by atoms with E-state index in [0.29, 0.717) is 12.2 Å². The van der Waals surface area contributed by atoms with Crippen molar-refractivity contribution in [3.63, 3.8) is 0 Å². The van der Waals surface area contributed by atoms with Crippen LogP contribution in [0.1, 0.15) is 34.1 Å². The van der Waals surface area contributed by atoms with Gasteiger partial charge in [0.05, 0.1) is 0 Å². The molecule has 1 N–H and O–H groups in total. The summed E-state index contributed by atoms with van der Waals surface area (Å²) < 4.78 is 0. The quantitative estimate of drug-likeness (QED) is 0.697. The highest BCUT2D eigenvalue weighted by atomic mass is 16.1. The predicted molar refractivity (Wildman–Crippen MR) is 108 cm³/mol. The molecule has 0 atom stereocenters. The van der Waals surface area contributed by atoms with Crippen LogP contribution in [0.3, 0.4) is 0 Å². The molecule has 0 fully saturated rings. The Balaban J connectivity index is 1.62. The van der Waals surface area contributed by atoms with Crippen molar-refractivity contribution in [1.29, 1.82) is 0 Å². The molecule has 0 saturated heterocycles. The second kappa shape index (κ2) is 8.94. The third-order valence-corrected chi connectivity index (χ3v) is 4.34. The topological polar surface area (TPSA) is 58.1 Å². The molecule has 5 heteroatoms. The summed E-state index contributed by atoms with van der Waals surface area (Å²) in [5.41, 5.74) is 3.76. The van der Waals surface area contributed by atoms with Gasteiger partial charge in [0.1, 0.15) is 0 Å². The standard InChI is InChI=1S/C22H24N4O/c1-3-26(16-18-9-5-4-6-10-18)21-13-12-20(24-25-21)22(27)23-15-19-11-7-8-17(2)14-19/h4-14H,3,15-16H2,1-2H3,(H,23,27). The lowest BCUT2D eigenvalue weighted by atomic mass is 10.1. The molecule has 0 bridgehead atoms. The molecular formula is C22H24N4O. The fourth-order valence-corrected chi connectivity index (χ4v) is 2.87.